The fraction of sp³-hybridized carbons (Fsp3) is 0.759. The van der Waals surface area contributed by atoms with Gasteiger partial charge in [-0.05, 0) is 37.5 Å². The Morgan fingerprint density at radius 3 is 1.52 bits per heavy atom. The number of hydrogen-bond acceptors (Lipinski definition) is 0. The van der Waals surface area contributed by atoms with Crippen LogP contribution < -0.4 is 4.57 Å². The van der Waals surface area contributed by atoms with Crippen molar-refractivity contribution in [3.8, 4) is 23.7 Å². The SMILES string of the molecule is CCCCCCCCCCCCC#CC#CCCCCCCCCC[n+]1ccn(C)c1. The van der Waals surface area contributed by atoms with Crippen molar-refractivity contribution in [3.63, 3.8) is 0 Å². The van der Waals surface area contributed by atoms with E-state index in [9.17, 15) is 0 Å². The lowest BCUT2D eigenvalue weighted by atomic mass is 10.1. The zero-order chi connectivity index (χ0) is 22.2. The van der Waals surface area contributed by atoms with Crippen LogP contribution in [0.5, 0.6) is 0 Å². The maximum Gasteiger partial charge on any atom is 0.243 e. The number of hydrogen-bond donors (Lipinski definition) is 0. The fourth-order valence-electron chi connectivity index (χ4n) is 3.94. The van der Waals surface area contributed by atoms with Gasteiger partial charge in [0.25, 0.3) is 0 Å². The van der Waals surface area contributed by atoms with Gasteiger partial charge in [0, 0.05) is 12.8 Å². The van der Waals surface area contributed by atoms with Crippen molar-refractivity contribution in [2.45, 2.75) is 135 Å². The van der Waals surface area contributed by atoms with Crippen molar-refractivity contribution in [2.24, 2.45) is 7.05 Å². The van der Waals surface area contributed by atoms with Crippen LogP contribution in [0, 0.1) is 23.7 Å². The highest BCUT2D eigenvalue weighted by Crippen LogP contribution is 2.11. The number of imidazole rings is 1. The molecule has 0 radical (unpaired) electrons. The maximum absolute atomic E-state index is 3.23. The molecule has 0 spiro atoms. The standard InChI is InChI=1S/C29H49N2/c1-3-4-5-6-7-8-9-10-11-12-13-14-15-16-17-18-19-20-21-22-23-24-25-26-31-28-27-30(2)29-31/h27-29H,3-13,18-26H2,1-2H3/q+1. The normalized spacial score (nSPS) is 10.4. The average Bonchev–Trinajstić information content (AvgIpc) is 3.19. The van der Waals surface area contributed by atoms with Gasteiger partial charge in [0.1, 0.15) is 12.4 Å². The van der Waals surface area contributed by atoms with Gasteiger partial charge in [-0.2, -0.15) is 0 Å². The lowest BCUT2D eigenvalue weighted by Gasteiger charge is -2.00. The predicted octanol–water partition coefficient (Wildman–Crippen LogP) is 7.75. The minimum Gasteiger partial charge on any atom is -0.240 e. The monoisotopic (exact) mass is 425 g/mol. The lowest BCUT2D eigenvalue weighted by molar-refractivity contribution is -0.696. The van der Waals surface area contributed by atoms with E-state index >= 15 is 0 Å². The highest BCUT2D eigenvalue weighted by Gasteiger charge is 1.99. The highest BCUT2D eigenvalue weighted by molar-refractivity contribution is 5.25. The van der Waals surface area contributed by atoms with Crippen LogP contribution in [-0.2, 0) is 13.6 Å². The van der Waals surface area contributed by atoms with Gasteiger partial charge in [0.2, 0.25) is 6.33 Å². The van der Waals surface area contributed by atoms with E-state index in [1.807, 2.05) is 0 Å². The van der Waals surface area contributed by atoms with Crippen molar-refractivity contribution in [1.82, 2.24) is 4.57 Å². The number of unbranched alkanes of at least 4 members (excludes halogenated alkanes) is 17. The second kappa shape index (κ2) is 21.6. The van der Waals surface area contributed by atoms with E-state index < -0.39 is 0 Å². The van der Waals surface area contributed by atoms with E-state index in [0.29, 0.717) is 0 Å². The zero-order valence-electron chi connectivity index (χ0n) is 20.8. The Morgan fingerprint density at radius 2 is 1.06 bits per heavy atom. The summed E-state index contributed by atoms with van der Waals surface area (Å²) >= 11 is 0. The molecule has 0 aromatic carbocycles. The van der Waals surface area contributed by atoms with E-state index in [2.05, 4.69) is 65.5 Å². The molecule has 1 aromatic heterocycles. The third kappa shape index (κ3) is 18.8. The summed E-state index contributed by atoms with van der Waals surface area (Å²) in [5.41, 5.74) is 0. The largest absolute Gasteiger partial charge is 0.243 e. The molecule has 31 heavy (non-hydrogen) atoms. The smallest absolute Gasteiger partial charge is 0.240 e. The zero-order valence-corrected chi connectivity index (χ0v) is 20.8. The van der Waals surface area contributed by atoms with Gasteiger partial charge in [-0.1, -0.05) is 102 Å². The number of rotatable bonds is 19. The lowest BCUT2D eigenvalue weighted by Crippen LogP contribution is -2.30. The highest BCUT2D eigenvalue weighted by atomic mass is 15.1. The summed E-state index contributed by atoms with van der Waals surface area (Å²) in [4.78, 5) is 0. The molecule has 0 N–H and O–H groups in total. The fourth-order valence-corrected chi connectivity index (χ4v) is 3.94. The molecule has 0 saturated carbocycles. The molecule has 1 aromatic rings. The van der Waals surface area contributed by atoms with Crippen molar-refractivity contribution in [3.05, 3.63) is 18.7 Å². The summed E-state index contributed by atoms with van der Waals surface area (Å²) in [6.45, 7) is 3.43. The Bertz CT molecular complexity index is 635. The Kier molecular flexibility index (Phi) is 19.0. The van der Waals surface area contributed by atoms with E-state index in [-0.39, 0.29) is 0 Å². The topological polar surface area (TPSA) is 8.81 Å². The predicted molar refractivity (Wildman–Crippen MR) is 135 cm³/mol. The van der Waals surface area contributed by atoms with Gasteiger partial charge >= 0.3 is 0 Å². The molecule has 1 rings (SSSR count). The van der Waals surface area contributed by atoms with Crippen molar-refractivity contribution >= 4 is 0 Å². The summed E-state index contributed by atoms with van der Waals surface area (Å²) in [5, 5.41) is 0. The molecule has 0 amide bonds. The van der Waals surface area contributed by atoms with Crippen molar-refractivity contribution in [2.75, 3.05) is 0 Å². The van der Waals surface area contributed by atoms with Crippen LogP contribution in [0.2, 0.25) is 0 Å². The van der Waals surface area contributed by atoms with Crippen LogP contribution in [0.3, 0.4) is 0 Å². The summed E-state index contributed by atoms with van der Waals surface area (Å²) in [5.74, 6) is 12.5. The van der Waals surface area contributed by atoms with Gasteiger partial charge in [-0.15, -0.1) is 0 Å². The molecule has 0 aliphatic heterocycles. The van der Waals surface area contributed by atoms with Crippen LogP contribution in [0.15, 0.2) is 18.7 Å². The van der Waals surface area contributed by atoms with Crippen LogP contribution >= 0.6 is 0 Å². The molecular weight excluding hydrogens is 376 g/mol. The van der Waals surface area contributed by atoms with E-state index in [1.54, 1.807) is 0 Å². The van der Waals surface area contributed by atoms with Crippen molar-refractivity contribution < 1.29 is 4.57 Å². The second-order valence-electron chi connectivity index (χ2n) is 9.08. The third-order valence-electron chi connectivity index (χ3n) is 5.94. The van der Waals surface area contributed by atoms with Crippen LogP contribution in [0.25, 0.3) is 0 Å². The first kappa shape index (κ1) is 27.4. The van der Waals surface area contributed by atoms with Gasteiger partial charge in [-0.25, -0.2) is 9.13 Å². The molecule has 2 heteroatoms. The first-order valence-electron chi connectivity index (χ1n) is 13.3. The summed E-state index contributed by atoms with van der Waals surface area (Å²) in [7, 11) is 2.08. The van der Waals surface area contributed by atoms with Crippen LogP contribution in [0.4, 0.5) is 0 Å². The number of aryl methyl sites for hydroxylation is 2. The summed E-state index contributed by atoms with van der Waals surface area (Å²) in [6, 6.07) is 0. The second-order valence-corrected chi connectivity index (χ2v) is 9.08. The van der Waals surface area contributed by atoms with E-state index in [0.717, 1.165) is 19.4 Å². The Morgan fingerprint density at radius 1 is 0.613 bits per heavy atom. The van der Waals surface area contributed by atoms with Gasteiger partial charge < -0.3 is 0 Å². The van der Waals surface area contributed by atoms with Gasteiger partial charge in [-0.3, -0.25) is 0 Å². The van der Waals surface area contributed by atoms with Gasteiger partial charge in [0.15, 0.2) is 0 Å². The molecule has 0 aliphatic carbocycles. The van der Waals surface area contributed by atoms with Crippen LogP contribution in [0.1, 0.15) is 129 Å². The first-order valence-corrected chi connectivity index (χ1v) is 13.3. The summed E-state index contributed by atoms with van der Waals surface area (Å²) < 4.78 is 4.38. The molecule has 0 fully saturated rings. The molecule has 0 unspecified atom stereocenters. The van der Waals surface area contributed by atoms with E-state index in [1.165, 1.54) is 109 Å². The molecule has 174 valence electrons. The molecule has 0 atom stereocenters. The molecule has 0 bridgehead atoms. The molecular formula is C29H49N2+. The van der Waals surface area contributed by atoms with Crippen molar-refractivity contribution in [1.29, 1.82) is 0 Å². The first-order chi connectivity index (χ1) is 15.3. The Labute approximate surface area is 194 Å². The molecule has 2 nitrogen and oxygen atoms in total. The number of nitrogens with zero attached hydrogens (tertiary/aromatic N) is 2. The molecule has 0 saturated heterocycles. The Balaban J connectivity index is 1.77. The van der Waals surface area contributed by atoms with Crippen LogP contribution in [-0.4, -0.2) is 4.57 Å². The average molecular weight is 426 g/mol. The number of aromatic nitrogens is 2. The third-order valence-corrected chi connectivity index (χ3v) is 5.94. The minimum absolute atomic E-state index is 1.01. The minimum atomic E-state index is 1.01. The molecule has 1 heterocycles. The molecule has 0 aliphatic rings. The maximum atomic E-state index is 3.23. The quantitative estimate of drug-likeness (QED) is 0.122. The Hall–Kier alpha value is -1.67. The van der Waals surface area contributed by atoms with Gasteiger partial charge in [0.05, 0.1) is 13.6 Å². The van der Waals surface area contributed by atoms with E-state index in [4.69, 9.17) is 0 Å². The summed E-state index contributed by atoms with van der Waals surface area (Å²) in [6.07, 6.45) is 31.6.